The van der Waals surface area contributed by atoms with E-state index in [9.17, 15) is 5.11 Å². The van der Waals surface area contributed by atoms with E-state index in [1.165, 1.54) is 82.6 Å². The zero-order valence-corrected chi connectivity index (χ0v) is 23.1. The third-order valence-corrected chi connectivity index (χ3v) is 8.40. The standard InChI is InChI=1S/C31H50O3.CH2O/c1-4-5-25-8-14-28(15-9-25)29-16-10-26(11-17-29)6-7-27-12-18-30(19-13-27)33-20-21-34-31(23-32)22-24(2)3;1-2/h12-13,18-19,25-26,28-29,31-32H,2,4-11,14-17,20-23H2,1,3H3;1H2. The van der Waals surface area contributed by atoms with E-state index < -0.39 is 0 Å². The smallest absolute Gasteiger partial charge is 0.119 e. The van der Waals surface area contributed by atoms with Crippen LogP contribution in [0, 0.1) is 23.7 Å². The fraction of sp³-hybridized carbons (Fsp3) is 0.719. The highest BCUT2D eigenvalue weighted by Crippen LogP contribution is 2.43. The third-order valence-electron chi connectivity index (χ3n) is 8.40. The second-order valence-electron chi connectivity index (χ2n) is 11.2. The Bertz CT molecular complexity index is 699. The van der Waals surface area contributed by atoms with Crippen molar-refractivity contribution in [2.24, 2.45) is 23.7 Å². The van der Waals surface area contributed by atoms with Crippen LogP contribution in [0.1, 0.15) is 96.5 Å². The zero-order chi connectivity index (χ0) is 26.2. The van der Waals surface area contributed by atoms with Gasteiger partial charge in [-0.05, 0) is 93.2 Å². The molecule has 0 bridgehead atoms. The fourth-order valence-corrected chi connectivity index (χ4v) is 6.37. The van der Waals surface area contributed by atoms with Gasteiger partial charge in [0.05, 0.1) is 19.3 Å². The van der Waals surface area contributed by atoms with Crippen LogP contribution < -0.4 is 4.74 Å². The highest BCUT2D eigenvalue weighted by atomic mass is 16.5. The number of benzene rings is 1. The molecule has 0 saturated heterocycles. The minimum Gasteiger partial charge on any atom is -0.491 e. The summed E-state index contributed by atoms with van der Waals surface area (Å²) in [5, 5.41) is 9.36. The third kappa shape index (κ3) is 11.2. The molecule has 2 fully saturated rings. The summed E-state index contributed by atoms with van der Waals surface area (Å²) >= 11 is 0. The summed E-state index contributed by atoms with van der Waals surface area (Å²) in [6, 6.07) is 8.60. The summed E-state index contributed by atoms with van der Waals surface area (Å²) in [7, 11) is 0. The van der Waals surface area contributed by atoms with E-state index in [1.54, 1.807) is 0 Å². The Morgan fingerprint density at radius 2 is 1.47 bits per heavy atom. The molecule has 2 aliphatic rings. The van der Waals surface area contributed by atoms with E-state index in [-0.39, 0.29) is 12.7 Å². The number of hydrogen-bond acceptors (Lipinski definition) is 4. The maximum Gasteiger partial charge on any atom is 0.119 e. The SMILES string of the molecule is C=C(C)CC(CO)OCCOc1ccc(CCC2CCC(C3CCC(CCC)CC3)CC2)cc1.C=O. The van der Waals surface area contributed by atoms with Gasteiger partial charge in [0.1, 0.15) is 19.1 Å². The fourth-order valence-electron chi connectivity index (χ4n) is 6.37. The van der Waals surface area contributed by atoms with Gasteiger partial charge in [-0.2, -0.15) is 0 Å². The van der Waals surface area contributed by atoms with Crippen molar-refractivity contribution < 1.29 is 19.4 Å². The van der Waals surface area contributed by atoms with Crippen molar-refractivity contribution in [3.05, 3.63) is 42.0 Å². The van der Waals surface area contributed by atoms with Gasteiger partial charge < -0.3 is 19.4 Å². The van der Waals surface area contributed by atoms with Crippen LogP contribution in [0.25, 0.3) is 0 Å². The molecule has 4 heteroatoms. The monoisotopic (exact) mass is 500 g/mol. The van der Waals surface area contributed by atoms with Crippen LogP contribution >= 0.6 is 0 Å². The van der Waals surface area contributed by atoms with Gasteiger partial charge in [0.25, 0.3) is 0 Å². The van der Waals surface area contributed by atoms with Gasteiger partial charge >= 0.3 is 0 Å². The van der Waals surface area contributed by atoms with Crippen molar-refractivity contribution >= 4 is 6.79 Å². The van der Waals surface area contributed by atoms with Crippen LogP contribution in [0.5, 0.6) is 5.75 Å². The lowest BCUT2D eigenvalue weighted by Crippen LogP contribution is -2.26. The average Bonchev–Trinajstić information content (AvgIpc) is 2.92. The van der Waals surface area contributed by atoms with Crippen molar-refractivity contribution in [1.29, 1.82) is 0 Å². The van der Waals surface area contributed by atoms with Gasteiger partial charge in [-0.25, -0.2) is 0 Å². The second-order valence-corrected chi connectivity index (χ2v) is 11.2. The quantitative estimate of drug-likeness (QED) is 0.211. The van der Waals surface area contributed by atoms with Gasteiger partial charge in [-0.1, -0.05) is 63.2 Å². The molecule has 36 heavy (non-hydrogen) atoms. The van der Waals surface area contributed by atoms with Crippen molar-refractivity contribution in [3.8, 4) is 5.75 Å². The molecule has 4 nitrogen and oxygen atoms in total. The molecular formula is C32H52O4. The molecule has 1 N–H and O–H groups in total. The summed E-state index contributed by atoms with van der Waals surface area (Å²) in [5.74, 6) is 4.90. The lowest BCUT2D eigenvalue weighted by molar-refractivity contribution is -0.0980. The first-order valence-corrected chi connectivity index (χ1v) is 14.4. The predicted molar refractivity (Wildman–Crippen MR) is 149 cm³/mol. The van der Waals surface area contributed by atoms with E-state index in [0.29, 0.717) is 19.6 Å². The van der Waals surface area contributed by atoms with Crippen molar-refractivity contribution in [2.45, 2.75) is 103 Å². The number of aliphatic hydroxyl groups is 1. The number of rotatable bonds is 14. The molecule has 0 amide bonds. The lowest BCUT2D eigenvalue weighted by atomic mass is 9.68. The van der Waals surface area contributed by atoms with E-state index in [2.05, 4.69) is 37.8 Å². The Kier molecular flexibility index (Phi) is 15.1. The summed E-state index contributed by atoms with van der Waals surface area (Å²) in [6.07, 6.45) is 17.7. The Morgan fingerprint density at radius 1 is 0.917 bits per heavy atom. The van der Waals surface area contributed by atoms with E-state index >= 15 is 0 Å². The van der Waals surface area contributed by atoms with E-state index in [0.717, 1.165) is 35.0 Å². The number of ether oxygens (including phenoxy) is 2. The molecule has 1 aromatic rings. The highest BCUT2D eigenvalue weighted by molar-refractivity contribution is 5.27. The number of carbonyl (C=O) groups excluding carboxylic acids is 1. The van der Waals surface area contributed by atoms with Crippen molar-refractivity contribution in [1.82, 2.24) is 0 Å². The minimum absolute atomic E-state index is 0.0171. The van der Waals surface area contributed by atoms with Crippen molar-refractivity contribution in [2.75, 3.05) is 19.8 Å². The van der Waals surface area contributed by atoms with Gasteiger partial charge in [0.2, 0.25) is 0 Å². The van der Waals surface area contributed by atoms with Crippen LogP contribution in [-0.2, 0) is 16.0 Å². The molecule has 0 radical (unpaired) electrons. The van der Waals surface area contributed by atoms with Gasteiger partial charge in [-0.3, -0.25) is 0 Å². The maximum absolute atomic E-state index is 9.36. The second kappa shape index (κ2) is 17.7. The normalized spacial score (nSPS) is 24.9. The zero-order valence-electron chi connectivity index (χ0n) is 23.1. The average molecular weight is 501 g/mol. The first-order chi connectivity index (χ1) is 17.6. The first kappa shape index (κ1) is 30.6. The van der Waals surface area contributed by atoms with Gasteiger partial charge in [-0.15, -0.1) is 6.58 Å². The van der Waals surface area contributed by atoms with Gasteiger partial charge in [0.15, 0.2) is 0 Å². The molecule has 3 rings (SSSR count). The largest absolute Gasteiger partial charge is 0.491 e. The predicted octanol–water partition coefficient (Wildman–Crippen LogP) is 7.57. The molecule has 204 valence electrons. The molecule has 2 saturated carbocycles. The van der Waals surface area contributed by atoms with E-state index in [1.807, 2.05) is 13.7 Å². The Labute approximate surface area is 220 Å². The summed E-state index contributed by atoms with van der Waals surface area (Å²) < 4.78 is 11.5. The molecule has 1 atom stereocenters. The van der Waals surface area contributed by atoms with Crippen LogP contribution in [0.15, 0.2) is 36.4 Å². The molecule has 0 heterocycles. The Balaban J connectivity index is 0.00000222. The van der Waals surface area contributed by atoms with Crippen LogP contribution in [-0.4, -0.2) is 37.8 Å². The highest BCUT2D eigenvalue weighted by Gasteiger charge is 2.30. The molecule has 2 aliphatic carbocycles. The molecule has 0 aromatic heterocycles. The molecule has 1 unspecified atom stereocenters. The first-order valence-electron chi connectivity index (χ1n) is 14.4. The molecule has 0 spiro atoms. The minimum atomic E-state index is -0.181. The van der Waals surface area contributed by atoms with Crippen molar-refractivity contribution in [3.63, 3.8) is 0 Å². The lowest BCUT2D eigenvalue weighted by Gasteiger charge is -2.38. The molecule has 0 aliphatic heterocycles. The number of hydrogen-bond donors (Lipinski definition) is 1. The Hall–Kier alpha value is -1.65. The van der Waals surface area contributed by atoms with E-state index in [4.69, 9.17) is 14.3 Å². The summed E-state index contributed by atoms with van der Waals surface area (Å²) in [6.45, 7) is 11.2. The Morgan fingerprint density at radius 3 is 1.97 bits per heavy atom. The maximum atomic E-state index is 9.36. The number of aryl methyl sites for hydroxylation is 1. The van der Waals surface area contributed by atoms with Crippen LogP contribution in [0.4, 0.5) is 0 Å². The topological polar surface area (TPSA) is 55.8 Å². The number of carbonyl (C=O) groups is 1. The van der Waals surface area contributed by atoms with Gasteiger partial charge in [0, 0.05) is 0 Å². The number of aliphatic hydroxyl groups excluding tert-OH is 1. The van der Waals surface area contributed by atoms with Crippen LogP contribution in [0.3, 0.4) is 0 Å². The molecular weight excluding hydrogens is 448 g/mol. The summed E-state index contributed by atoms with van der Waals surface area (Å²) in [4.78, 5) is 8.00. The van der Waals surface area contributed by atoms with Crippen LogP contribution in [0.2, 0.25) is 0 Å². The molecule has 1 aromatic carbocycles. The summed E-state index contributed by atoms with van der Waals surface area (Å²) in [5.41, 5.74) is 2.44.